The largest absolute Gasteiger partial charge is 0.748 e. The number of hydrogen-bond acceptors (Lipinski definition) is 0. The van der Waals surface area contributed by atoms with E-state index in [1.54, 1.807) is 11.1 Å². The molecule has 0 saturated heterocycles. The zero-order valence-electron chi connectivity index (χ0n) is 14.3. The second-order valence-electron chi connectivity index (χ2n) is 7.07. The van der Waals surface area contributed by atoms with Crippen LogP contribution in [0.2, 0.25) is 0 Å². The smallest absolute Gasteiger partial charge is 0 e. The Hall–Kier alpha value is -0.430. The summed E-state index contributed by atoms with van der Waals surface area (Å²) in [4.78, 5) is 0. The van der Waals surface area contributed by atoms with Crippen molar-refractivity contribution < 1.29 is 25.8 Å². The Bertz CT molecular complexity index is 446. The Morgan fingerprint density at radius 2 is 1.26 bits per heavy atom. The predicted molar refractivity (Wildman–Crippen MR) is 95.7 cm³/mol. The van der Waals surface area contributed by atoms with E-state index in [-0.39, 0.29) is 25.8 Å². The maximum absolute atomic E-state index is 2.43. The molecular formula is C22H30Hf-6. The normalized spacial score (nSPS) is 19.5. The third-order valence-corrected chi connectivity index (χ3v) is 5.53. The standard InChI is InChI=1S/C17H25.C5H5.Hf/c1-3-8-14(9-4-1)16-12-7-13-17(16)15-10-5-2-6-11-15;1-2-4-5-3-1;/h7,12-15H,1-6,8-11H2;1-5H;/q-1;-5;. The number of hydrogen-bond donors (Lipinski definition) is 0. The monoisotopic (exact) mass is 474 g/mol. The van der Waals surface area contributed by atoms with E-state index in [4.69, 9.17) is 0 Å². The summed E-state index contributed by atoms with van der Waals surface area (Å²) in [6.45, 7) is 0. The molecule has 0 nitrogen and oxygen atoms in total. The maximum Gasteiger partial charge on any atom is 0 e. The molecule has 2 aliphatic carbocycles. The van der Waals surface area contributed by atoms with E-state index in [9.17, 15) is 0 Å². The summed E-state index contributed by atoms with van der Waals surface area (Å²) in [6, 6.07) is 17.2. The second-order valence-corrected chi connectivity index (χ2v) is 7.07. The summed E-state index contributed by atoms with van der Waals surface area (Å²) in [6.07, 6.45) is 14.6. The van der Waals surface area contributed by atoms with Gasteiger partial charge in [-0.1, -0.05) is 57.3 Å². The Balaban J connectivity index is 0.000000276. The van der Waals surface area contributed by atoms with E-state index in [2.05, 4.69) is 18.2 Å². The maximum atomic E-state index is 2.43. The van der Waals surface area contributed by atoms with Gasteiger partial charge in [0.05, 0.1) is 0 Å². The van der Waals surface area contributed by atoms with E-state index < -0.39 is 0 Å². The minimum Gasteiger partial charge on any atom is -0.748 e. The Kier molecular flexibility index (Phi) is 8.58. The third kappa shape index (κ3) is 5.55. The number of rotatable bonds is 2. The molecule has 0 unspecified atom stereocenters. The third-order valence-electron chi connectivity index (χ3n) is 5.53. The summed E-state index contributed by atoms with van der Waals surface area (Å²) in [7, 11) is 0. The SMILES string of the molecule is [Hf].[cH-]1[cH-][cH-][cH-][cH-]1.c1cc(C2CCCCC2)[c-](C2CCCCC2)c1. The first-order valence-electron chi connectivity index (χ1n) is 9.37. The van der Waals surface area contributed by atoms with Crippen molar-refractivity contribution in [3.05, 3.63) is 59.7 Å². The summed E-state index contributed by atoms with van der Waals surface area (Å²) >= 11 is 0. The van der Waals surface area contributed by atoms with Crippen molar-refractivity contribution in [2.24, 2.45) is 0 Å². The molecule has 0 aliphatic heterocycles. The molecule has 2 aromatic rings. The summed E-state index contributed by atoms with van der Waals surface area (Å²) < 4.78 is 0. The fourth-order valence-electron chi connectivity index (χ4n) is 4.34. The van der Waals surface area contributed by atoms with Gasteiger partial charge in [-0.05, 0) is 18.8 Å². The van der Waals surface area contributed by atoms with Crippen molar-refractivity contribution in [3.63, 3.8) is 0 Å². The molecule has 2 fully saturated rings. The first kappa shape index (κ1) is 18.9. The quantitative estimate of drug-likeness (QED) is 0.329. The molecule has 0 atom stereocenters. The topological polar surface area (TPSA) is 0 Å². The molecule has 0 heterocycles. The fraction of sp³-hybridized carbons (Fsp3) is 0.545. The van der Waals surface area contributed by atoms with Crippen LogP contribution in [0.3, 0.4) is 0 Å². The van der Waals surface area contributed by atoms with Crippen molar-refractivity contribution >= 4 is 0 Å². The van der Waals surface area contributed by atoms with E-state index in [1.165, 1.54) is 64.2 Å². The van der Waals surface area contributed by atoms with Gasteiger partial charge in [0, 0.05) is 25.8 Å². The zero-order valence-corrected chi connectivity index (χ0v) is 17.9. The fourth-order valence-corrected chi connectivity index (χ4v) is 4.34. The van der Waals surface area contributed by atoms with Gasteiger partial charge in [0.2, 0.25) is 0 Å². The van der Waals surface area contributed by atoms with Gasteiger partial charge in [0.25, 0.3) is 0 Å². The van der Waals surface area contributed by atoms with Gasteiger partial charge in [0.1, 0.15) is 0 Å². The van der Waals surface area contributed by atoms with E-state index >= 15 is 0 Å². The molecule has 2 aromatic carbocycles. The van der Waals surface area contributed by atoms with Crippen LogP contribution in [0, 0.1) is 0 Å². The van der Waals surface area contributed by atoms with E-state index in [0.29, 0.717) is 0 Å². The van der Waals surface area contributed by atoms with Gasteiger partial charge in [-0.2, -0.15) is 17.2 Å². The molecule has 4 rings (SSSR count). The molecular weight excluding hydrogens is 443 g/mol. The average molecular weight is 473 g/mol. The molecule has 0 amide bonds. The van der Waals surface area contributed by atoms with Crippen LogP contribution in [-0.2, 0) is 25.8 Å². The first-order chi connectivity index (χ1) is 10.9. The van der Waals surface area contributed by atoms with Crippen molar-refractivity contribution in [2.75, 3.05) is 0 Å². The summed E-state index contributed by atoms with van der Waals surface area (Å²) in [5, 5.41) is 0. The van der Waals surface area contributed by atoms with Crippen LogP contribution in [0.25, 0.3) is 0 Å². The summed E-state index contributed by atoms with van der Waals surface area (Å²) in [5.74, 6) is 1.80. The van der Waals surface area contributed by atoms with Crippen molar-refractivity contribution in [1.29, 1.82) is 0 Å². The van der Waals surface area contributed by atoms with Crippen LogP contribution < -0.4 is 0 Å². The van der Waals surface area contributed by atoms with E-state index in [1.807, 2.05) is 30.3 Å². The molecule has 0 radical (unpaired) electrons. The van der Waals surface area contributed by atoms with Crippen LogP contribution >= 0.6 is 0 Å². The second kappa shape index (κ2) is 10.4. The van der Waals surface area contributed by atoms with Gasteiger partial charge in [-0.3, -0.25) is 0 Å². The van der Waals surface area contributed by atoms with Gasteiger partial charge >= 0.3 is 0 Å². The van der Waals surface area contributed by atoms with Crippen LogP contribution in [-0.4, -0.2) is 0 Å². The van der Waals surface area contributed by atoms with Gasteiger partial charge in [-0.25, -0.2) is 12.1 Å². The molecule has 1 heteroatoms. The van der Waals surface area contributed by atoms with Crippen LogP contribution in [0.4, 0.5) is 0 Å². The predicted octanol–water partition coefficient (Wildman–Crippen LogP) is 6.90. The van der Waals surface area contributed by atoms with Crippen LogP contribution in [0.5, 0.6) is 0 Å². The summed E-state index contributed by atoms with van der Waals surface area (Å²) in [5.41, 5.74) is 3.47. The van der Waals surface area contributed by atoms with Crippen LogP contribution in [0.15, 0.2) is 48.5 Å². The molecule has 0 aromatic heterocycles. The van der Waals surface area contributed by atoms with Crippen molar-refractivity contribution in [1.82, 2.24) is 0 Å². The zero-order chi connectivity index (χ0) is 15.0. The van der Waals surface area contributed by atoms with Gasteiger partial charge < -0.3 is 30.3 Å². The van der Waals surface area contributed by atoms with Crippen molar-refractivity contribution in [2.45, 2.75) is 76.0 Å². The molecule has 2 aliphatic rings. The Labute approximate surface area is 161 Å². The Morgan fingerprint density at radius 3 is 1.83 bits per heavy atom. The minimum absolute atomic E-state index is 0. The van der Waals surface area contributed by atoms with E-state index in [0.717, 1.165) is 11.8 Å². The Morgan fingerprint density at radius 1 is 0.739 bits per heavy atom. The van der Waals surface area contributed by atoms with Crippen molar-refractivity contribution in [3.8, 4) is 0 Å². The van der Waals surface area contributed by atoms with Gasteiger partial charge in [-0.15, -0.1) is 0 Å². The first-order valence-corrected chi connectivity index (χ1v) is 9.37. The molecule has 0 spiro atoms. The van der Waals surface area contributed by atoms with Crippen LogP contribution in [0.1, 0.15) is 87.2 Å². The molecule has 128 valence electrons. The minimum atomic E-state index is 0. The molecule has 0 N–H and O–H groups in total. The average Bonchev–Trinajstić information content (AvgIpc) is 3.31. The van der Waals surface area contributed by atoms with Gasteiger partial charge in [0.15, 0.2) is 0 Å². The molecule has 0 bridgehead atoms. The molecule has 2 saturated carbocycles. The molecule has 23 heavy (non-hydrogen) atoms.